The topological polar surface area (TPSA) is 18.5 Å². The standard InChI is InChI=1S/C31H60O2Si2/c1-9-34(10-2,11-3)32-25-19-21-30(7)24(23-25)15-16-26-27-17-18-29(31(27,8)22-20-28(26)30)33-35(12-4,13-5)14-6/h24-29H,9-23H2,1-8H3/t24-,25+,26-,27-,28-,29-,30-,31-/m0/s1. The highest BCUT2D eigenvalue weighted by molar-refractivity contribution is 6.74. The van der Waals surface area contributed by atoms with Crippen LogP contribution in [0.2, 0.25) is 36.3 Å². The summed E-state index contributed by atoms with van der Waals surface area (Å²) >= 11 is 0. The molecule has 2 nitrogen and oxygen atoms in total. The van der Waals surface area contributed by atoms with E-state index in [4.69, 9.17) is 8.85 Å². The van der Waals surface area contributed by atoms with Crippen molar-refractivity contribution in [1.29, 1.82) is 0 Å². The van der Waals surface area contributed by atoms with E-state index in [9.17, 15) is 0 Å². The van der Waals surface area contributed by atoms with E-state index in [-0.39, 0.29) is 0 Å². The van der Waals surface area contributed by atoms with Crippen molar-refractivity contribution < 1.29 is 8.85 Å². The van der Waals surface area contributed by atoms with Crippen LogP contribution >= 0.6 is 0 Å². The minimum absolute atomic E-state index is 0.441. The van der Waals surface area contributed by atoms with Gasteiger partial charge in [-0.1, -0.05) is 55.4 Å². The molecule has 0 aromatic heterocycles. The third-order valence-corrected chi connectivity index (χ3v) is 22.6. The average Bonchev–Trinajstić information content (AvgIpc) is 3.21. The zero-order valence-electron chi connectivity index (χ0n) is 24.9. The molecule has 0 aliphatic heterocycles. The Morgan fingerprint density at radius 3 is 1.74 bits per heavy atom. The van der Waals surface area contributed by atoms with Gasteiger partial charge in [-0.2, -0.15) is 0 Å². The molecule has 0 bridgehead atoms. The third kappa shape index (κ3) is 4.82. The molecule has 0 amide bonds. The summed E-state index contributed by atoms with van der Waals surface area (Å²) in [6.07, 6.45) is 13.8. The first-order chi connectivity index (χ1) is 16.7. The molecule has 0 unspecified atom stereocenters. The Labute approximate surface area is 221 Å². The van der Waals surface area contributed by atoms with Crippen LogP contribution in [0.3, 0.4) is 0 Å². The smallest absolute Gasteiger partial charge is 0.192 e. The maximum Gasteiger partial charge on any atom is 0.192 e. The van der Waals surface area contributed by atoms with Crippen molar-refractivity contribution in [2.75, 3.05) is 0 Å². The molecule has 4 aliphatic carbocycles. The van der Waals surface area contributed by atoms with Crippen molar-refractivity contribution in [3.05, 3.63) is 0 Å². The van der Waals surface area contributed by atoms with Gasteiger partial charge in [-0.3, -0.25) is 0 Å². The van der Waals surface area contributed by atoms with Crippen LogP contribution in [0.25, 0.3) is 0 Å². The van der Waals surface area contributed by atoms with Crippen molar-refractivity contribution in [1.82, 2.24) is 0 Å². The summed E-state index contributed by atoms with van der Waals surface area (Å²) in [4.78, 5) is 0. The van der Waals surface area contributed by atoms with E-state index >= 15 is 0 Å². The first-order valence-corrected chi connectivity index (χ1v) is 21.1. The van der Waals surface area contributed by atoms with Gasteiger partial charge < -0.3 is 8.85 Å². The summed E-state index contributed by atoms with van der Waals surface area (Å²) in [5, 5.41) is 0. The second kappa shape index (κ2) is 10.8. The van der Waals surface area contributed by atoms with Gasteiger partial charge in [0, 0.05) is 6.10 Å². The summed E-state index contributed by atoms with van der Waals surface area (Å²) < 4.78 is 14.3. The first-order valence-electron chi connectivity index (χ1n) is 16.0. The molecule has 35 heavy (non-hydrogen) atoms. The van der Waals surface area contributed by atoms with Gasteiger partial charge in [-0.25, -0.2) is 0 Å². The summed E-state index contributed by atoms with van der Waals surface area (Å²) in [5.74, 6) is 3.72. The lowest BCUT2D eigenvalue weighted by molar-refractivity contribution is -0.130. The molecule has 0 spiro atoms. The van der Waals surface area contributed by atoms with Crippen LogP contribution in [-0.4, -0.2) is 28.8 Å². The quantitative estimate of drug-likeness (QED) is 0.267. The van der Waals surface area contributed by atoms with Gasteiger partial charge in [0.15, 0.2) is 16.6 Å². The van der Waals surface area contributed by atoms with E-state index in [0.717, 1.165) is 23.7 Å². The Balaban J connectivity index is 1.46. The van der Waals surface area contributed by atoms with Gasteiger partial charge in [0.1, 0.15) is 0 Å². The fraction of sp³-hybridized carbons (Fsp3) is 1.00. The fourth-order valence-electron chi connectivity index (χ4n) is 10.1. The summed E-state index contributed by atoms with van der Waals surface area (Å²) in [6.45, 7) is 19.8. The lowest BCUT2D eigenvalue weighted by Gasteiger charge is -2.61. The minimum Gasteiger partial charge on any atom is -0.414 e. The SMILES string of the molecule is CC[Si](CC)(CC)O[C@@H]1CC[C@@]2(C)[C@@H](CC[C@@H]3[C@@H]2CC[C@]2(C)[C@@H](O[Si](CC)(CC)CC)CC[C@@H]32)C1. The van der Waals surface area contributed by atoms with Crippen LogP contribution in [0.1, 0.15) is 113 Å². The first kappa shape index (κ1) is 28.4. The maximum atomic E-state index is 7.25. The molecule has 4 fully saturated rings. The van der Waals surface area contributed by atoms with Gasteiger partial charge in [-0.15, -0.1) is 0 Å². The van der Waals surface area contributed by atoms with Crippen molar-refractivity contribution in [3.63, 3.8) is 0 Å². The van der Waals surface area contributed by atoms with Crippen molar-refractivity contribution >= 4 is 16.6 Å². The maximum absolute atomic E-state index is 7.25. The summed E-state index contributed by atoms with van der Waals surface area (Å²) in [7, 11) is -3.04. The molecule has 0 aromatic rings. The zero-order valence-corrected chi connectivity index (χ0v) is 26.9. The molecule has 4 aliphatic rings. The van der Waals surface area contributed by atoms with E-state index in [1.165, 1.54) is 94.1 Å². The van der Waals surface area contributed by atoms with Crippen LogP contribution in [0.5, 0.6) is 0 Å². The number of rotatable bonds is 10. The van der Waals surface area contributed by atoms with Gasteiger partial charge >= 0.3 is 0 Å². The van der Waals surface area contributed by atoms with E-state index in [1.807, 2.05) is 0 Å². The Hall–Kier alpha value is 0.354. The molecule has 8 atom stereocenters. The Morgan fingerprint density at radius 2 is 1.14 bits per heavy atom. The Bertz CT molecular complexity index is 688. The molecule has 0 aromatic carbocycles. The van der Waals surface area contributed by atoms with Gasteiger partial charge in [0.2, 0.25) is 0 Å². The summed E-state index contributed by atoms with van der Waals surface area (Å²) in [5.41, 5.74) is 1.00. The van der Waals surface area contributed by atoms with Gasteiger partial charge in [0.05, 0.1) is 6.10 Å². The zero-order chi connectivity index (χ0) is 25.5. The molecule has 0 saturated heterocycles. The lowest BCUT2D eigenvalue weighted by Crippen LogP contribution is -2.56. The van der Waals surface area contributed by atoms with Gasteiger partial charge in [0.25, 0.3) is 0 Å². The van der Waals surface area contributed by atoms with Crippen molar-refractivity contribution in [2.45, 2.75) is 162 Å². The molecule has 4 rings (SSSR count). The predicted molar refractivity (Wildman–Crippen MR) is 156 cm³/mol. The van der Waals surface area contributed by atoms with Gasteiger partial charge in [-0.05, 0) is 129 Å². The molecule has 204 valence electrons. The number of fused-ring (bicyclic) bond motifs is 5. The minimum atomic E-state index is -1.54. The van der Waals surface area contributed by atoms with Crippen LogP contribution in [0.4, 0.5) is 0 Å². The molecule has 4 heteroatoms. The highest BCUT2D eigenvalue weighted by Crippen LogP contribution is 2.67. The highest BCUT2D eigenvalue weighted by Gasteiger charge is 2.61. The average molecular weight is 521 g/mol. The number of hydrogen-bond acceptors (Lipinski definition) is 2. The largest absolute Gasteiger partial charge is 0.414 e. The third-order valence-electron chi connectivity index (χ3n) is 13.2. The monoisotopic (exact) mass is 520 g/mol. The Morgan fingerprint density at radius 1 is 0.600 bits per heavy atom. The Kier molecular flexibility index (Phi) is 8.79. The van der Waals surface area contributed by atoms with Crippen LogP contribution in [0, 0.1) is 34.5 Å². The van der Waals surface area contributed by atoms with E-state index < -0.39 is 16.6 Å². The highest BCUT2D eigenvalue weighted by atomic mass is 28.4. The van der Waals surface area contributed by atoms with Crippen LogP contribution in [-0.2, 0) is 8.85 Å². The summed E-state index contributed by atoms with van der Waals surface area (Å²) in [6, 6.07) is 7.78. The number of hydrogen-bond donors (Lipinski definition) is 0. The molecule has 0 radical (unpaired) electrons. The lowest BCUT2D eigenvalue weighted by atomic mass is 9.45. The molecule has 0 heterocycles. The van der Waals surface area contributed by atoms with Crippen LogP contribution < -0.4 is 0 Å². The molecule has 4 saturated carbocycles. The van der Waals surface area contributed by atoms with E-state index in [0.29, 0.717) is 23.0 Å². The second-order valence-corrected chi connectivity index (χ2v) is 23.3. The van der Waals surface area contributed by atoms with Crippen molar-refractivity contribution in [2.24, 2.45) is 34.5 Å². The fourth-order valence-corrected chi connectivity index (χ4v) is 16.0. The molecule has 0 N–H and O–H groups in total. The normalized spacial score (nSPS) is 41.8. The van der Waals surface area contributed by atoms with Crippen LogP contribution in [0.15, 0.2) is 0 Å². The predicted octanol–water partition coefficient (Wildman–Crippen LogP) is 9.81. The second-order valence-electron chi connectivity index (χ2n) is 13.9. The van der Waals surface area contributed by atoms with E-state index in [2.05, 4.69) is 55.4 Å². The van der Waals surface area contributed by atoms with Crippen molar-refractivity contribution in [3.8, 4) is 0 Å². The molecular weight excluding hydrogens is 461 g/mol. The van der Waals surface area contributed by atoms with E-state index in [1.54, 1.807) is 0 Å². The molecular formula is C31H60O2Si2.